The number of pyridine rings is 3. The molecule has 6 aromatic rings. The third-order valence-electron chi connectivity index (χ3n) is 7.10. The van der Waals surface area contributed by atoms with Gasteiger partial charge in [0.2, 0.25) is 5.71 Å². The summed E-state index contributed by atoms with van der Waals surface area (Å²) in [6.07, 6.45) is 5.23. The minimum atomic E-state index is -1.50. The number of halogens is 1. The summed E-state index contributed by atoms with van der Waals surface area (Å²) in [5, 5.41) is 2.28. The average molecular weight is 768 g/mol. The van der Waals surface area contributed by atoms with Crippen LogP contribution < -0.4 is 5.19 Å². The predicted octanol–water partition coefficient (Wildman–Crippen LogP) is 9.32. The van der Waals surface area contributed by atoms with Gasteiger partial charge in [-0.25, -0.2) is 4.98 Å². The van der Waals surface area contributed by atoms with Crippen molar-refractivity contribution in [3.63, 3.8) is 0 Å². The van der Waals surface area contributed by atoms with Crippen LogP contribution in [-0.2, 0) is 20.1 Å². The van der Waals surface area contributed by atoms with Crippen molar-refractivity contribution in [3.8, 4) is 22.5 Å². The van der Waals surface area contributed by atoms with Crippen LogP contribution in [0.5, 0.6) is 0 Å². The third kappa shape index (κ3) is 7.01. The molecule has 4 heterocycles. The van der Waals surface area contributed by atoms with Crippen LogP contribution >= 0.6 is 0 Å². The van der Waals surface area contributed by atoms with Gasteiger partial charge in [0.1, 0.15) is 0 Å². The summed E-state index contributed by atoms with van der Waals surface area (Å²) in [4.78, 5) is 13.1. The van der Waals surface area contributed by atoms with Crippen molar-refractivity contribution in [1.29, 1.82) is 0 Å². The van der Waals surface area contributed by atoms with Gasteiger partial charge in [-0.3, -0.25) is 4.39 Å². The van der Waals surface area contributed by atoms with Gasteiger partial charge in [-0.1, -0.05) is 76.2 Å². The van der Waals surface area contributed by atoms with Gasteiger partial charge < -0.3 is 14.4 Å². The number of hydrogen-bond donors (Lipinski definition) is 0. The number of nitrogens with zero attached hydrogens (tertiary/aromatic N) is 3. The van der Waals surface area contributed by atoms with E-state index in [4.69, 9.17) is 7.16 Å². The summed E-state index contributed by atoms with van der Waals surface area (Å²) in [6, 6.07) is 24.5. The molecule has 43 heavy (non-hydrogen) atoms. The number of rotatable bonds is 5. The summed E-state index contributed by atoms with van der Waals surface area (Å²) >= 11 is 0. The van der Waals surface area contributed by atoms with Gasteiger partial charge in [0.15, 0.2) is 0 Å². The van der Waals surface area contributed by atoms with Crippen molar-refractivity contribution in [1.82, 2.24) is 15.0 Å². The quantitative estimate of drug-likeness (QED) is 0.130. The molecule has 4 aromatic heterocycles. The van der Waals surface area contributed by atoms with Crippen LogP contribution in [0.2, 0.25) is 19.6 Å². The maximum Gasteiger partial charge on any atom is 0.216 e. The first-order chi connectivity index (χ1) is 20.6. The van der Waals surface area contributed by atoms with E-state index < -0.39 is 25.7 Å². The Hall–Kier alpha value is -3.51. The van der Waals surface area contributed by atoms with Crippen LogP contribution in [0.25, 0.3) is 44.6 Å². The van der Waals surface area contributed by atoms with Crippen LogP contribution in [0.15, 0.2) is 83.7 Å². The predicted molar refractivity (Wildman–Crippen MR) is 173 cm³/mol. The molecule has 0 bridgehead atoms. The molecule has 0 fully saturated rings. The van der Waals surface area contributed by atoms with E-state index in [-0.39, 0.29) is 20.1 Å². The molecule has 0 aliphatic heterocycles. The molecule has 1 radical (unpaired) electrons. The summed E-state index contributed by atoms with van der Waals surface area (Å²) in [5.41, 5.74) is 5.71. The van der Waals surface area contributed by atoms with E-state index in [1.807, 2.05) is 50.4 Å². The molecule has 4 nitrogen and oxygen atoms in total. The minimum absolute atomic E-state index is 0. The summed E-state index contributed by atoms with van der Waals surface area (Å²) in [5.74, 6) is -1.77. The van der Waals surface area contributed by atoms with E-state index in [0.717, 1.165) is 22.4 Å². The smallest absolute Gasteiger partial charge is 0.216 e. The molecule has 0 aliphatic carbocycles. The largest absolute Gasteiger partial charge is 0.486 e. The minimum Gasteiger partial charge on any atom is -0.486 e. The van der Waals surface area contributed by atoms with E-state index in [0.29, 0.717) is 33.3 Å². The third-order valence-corrected chi connectivity index (χ3v) is 9.12. The number of fused-ring (bicyclic) bond motifs is 3. The van der Waals surface area contributed by atoms with Gasteiger partial charge in [0, 0.05) is 52.6 Å². The second-order valence-corrected chi connectivity index (χ2v) is 16.8. The molecule has 7 heteroatoms. The fourth-order valence-electron chi connectivity index (χ4n) is 4.85. The first-order valence-corrected chi connectivity index (χ1v) is 17.5. The molecule has 0 aliphatic rings. The van der Waals surface area contributed by atoms with E-state index in [1.54, 1.807) is 44.4 Å². The van der Waals surface area contributed by atoms with Crippen LogP contribution in [0.4, 0.5) is 4.39 Å². The van der Waals surface area contributed by atoms with Gasteiger partial charge >= 0.3 is 0 Å². The van der Waals surface area contributed by atoms with Gasteiger partial charge in [0.05, 0.1) is 13.7 Å². The van der Waals surface area contributed by atoms with Crippen molar-refractivity contribution in [2.24, 2.45) is 0 Å². The molecule has 0 atom stereocenters. The van der Waals surface area contributed by atoms with E-state index in [1.165, 1.54) is 11.3 Å². The SMILES string of the molecule is [2H]C(C)(C)c1cc(-c2[c-]cccc2)ncc1[Si](C)(C)C.[2H]C(C)(C)c1ccnc(-c2[c-]cc(F)c3c2oc2ncccc23)c1.[Ir]. The summed E-state index contributed by atoms with van der Waals surface area (Å²) in [6.45, 7) is 14.4. The normalized spacial score (nSPS) is 12.7. The Bertz CT molecular complexity index is 1940. The maximum absolute atomic E-state index is 14.3. The monoisotopic (exact) mass is 768 g/mol. The van der Waals surface area contributed by atoms with Crippen LogP contribution in [-0.4, -0.2) is 23.0 Å². The molecule has 0 saturated carbocycles. The fourth-order valence-corrected chi connectivity index (χ4v) is 6.44. The Morgan fingerprint density at radius 3 is 2.35 bits per heavy atom. The second-order valence-electron chi connectivity index (χ2n) is 11.7. The van der Waals surface area contributed by atoms with Gasteiger partial charge in [-0.05, 0) is 51.9 Å². The zero-order valence-electron chi connectivity index (χ0n) is 27.5. The Morgan fingerprint density at radius 1 is 0.884 bits per heavy atom. The Morgan fingerprint density at radius 2 is 1.67 bits per heavy atom. The summed E-state index contributed by atoms with van der Waals surface area (Å²) < 4.78 is 36.7. The standard InChI is InChI=1S/C19H14FN2O.C17H22NSi.Ir/c1-11(2)12-7-9-21-16(10-12)13-5-6-15(20)17-14-4-3-8-22-19(14)23-18(13)17;1-13(2)15-11-16(14-9-7-6-8-10-14)18-12-17(15)19(3,4)5;/h3-4,6-11H,1-2H3;6-9,11-13H,1-5H3;/q2*-1;/i11D;13D;. The zero-order chi connectivity index (χ0) is 31.9. The number of hydrogen-bond acceptors (Lipinski definition) is 4. The number of aromatic nitrogens is 3. The van der Waals surface area contributed by atoms with Crippen LogP contribution in [0.3, 0.4) is 0 Å². The van der Waals surface area contributed by atoms with Gasteiger partial charge in [-0.15, -0.1) is 48.0 Å². The second kappa shape index (κ2) is 13.4. The molecule has 0 unspecified atom stereocenters. The number of benzene rings is 2. The first-order valence-electron chi connectivity index (χ1n) is 15.0. The van der Waals surface area contributed by atoms with Crippen LogP contribution in [0.1, 0.15) is 53.4 Å². The van der Waals surface area contributed by atoms with E-state index >= 15 is 0 Å². The average Bonchev–Trinajstić information content (AvgIpc) is 3.37. The topological polar surface area (TPSA) is 51.8 Å². The maximum atomic E-state index is 14.3. The van der Waals surface area contributed by atoms with Crippen LogP contribution in [0, 0.1) is 17.9 Å². The van der Waals surface area contributed by atoms with Gasteiger partial charge in [0.25, 0.3) is 0 Å². The Balaban J connectivity index is 0.000000204. The molecule has 6 rings (SSSR count). The van der Waals surface area contributed by atoms with Crippen molar-refractivity contribution >= 4 is 35.3 Å². The molecular formula is C36H36FIrN3OSi-2. The Labute approximate surface area is 271 Å². The van der Waals surface area contributed by atoms with Crippen molar-refractivity contribution in [2.75, 3.05) is 0 Å². The van der Waals surface area contributed by atoms with E-state index in [2.05, 4.69) is 52.8 Å². The van der Waals surface area contributed by atoms with Gasteiger partial charge in [-0.2, -0.15) is 0 Å². The molecule has 0 N–H and O–H groups in total. The molecule has 0 amide bonds. The first kappa shape index (κ1) is 29.6. The molecule has 0 saturated heterocycles. The van der Waals surface area contributed by atoms with Crippen molar-refractivity contribution in [2.45, 2.75) is 59.1 Å². The fraction of sp³-hybridized carbons (Fsp3) is 0.250. The zero-order valence-corrected chi connectivity index (χ0v) is 28.9. The molecular weight excluding hydrogens is 730 g/mol. The molecule has 223 valence electrons. The molecule has 2 aromatic carbocycles. The van der Waals surface area contributed by atoms with E-state index in [9.17, 15) is 4.39 Å². The Kier molecular flexibility index (Phi) is 9.22. The summed E-state index contributed by atoms with van der Waals surface area (Å²) in [7, 11) is -1.50. The van der Waals surface area contributed by atoms with Crippen molar-refractivity contribution in [3.05, 3.63) is 108 Å². The van der Waals surface area contributed by atoms with Crippen molar-refractivity contribution < 1.29 is 31.7 Å². The molecule has 0 spiro atoms. The number of furan rings is 1.